The molecule has 2 nitrogen and oxygen atoms in total. The summed E-state index contributed by atoms with van der Waals surface area (Å²) in [6.45, 7) is 5.66. The normalized spacial score (nSPS) is 23.3. The van der Waals surface area contributed by atoms with Crippen molar-refractivity contribution in [1.82, 2.24) is 0 Å². The molecule has 0 aromatic heterocycles. The average molecular weight is 253 g/mol. The van der Waals surface area contributed by atoms with Gasteiger partial charge in [0.25, 0.3) is 0 Å². The van der Waals surface area contributed by atoms with E-state index in [4.69, 9.17) is 16.3 Å². The van der Waals surface area contributed by atoms with Crippen LogP contribution >= 0.6 is 11.6 Å². The van der Waals surface area contributed by atoms with Crippen LogP contribution in [0.25, 0.3) is 0 Å². The number of hydrogen-bond donors (Lipinski definition) is 0. The number of esters is 1. The van der Waals surface area contributed by atoms with Crippen LogP contribution in [0, 0.1) is 5.92 Å². The first-order valence-electron chi connectivity index (χ1n) is 5.86. The smallest absolute Gasteiger partial charge is 0.310 e. The van der Waals surface area contributed by atoms with Crippen molar-refractivity contribution in [1.29, 1.82) is 0 Å². The summed E-state index contributed by atoms with van der Waals surface area (Å²) in [7, 11) is 0. The molecule has 1 fully saturated rings. The van der Waals surface area contributed by atoms with Crippen LogP contribution in [0.3, 0.4) is 0 Å². The molecule has 0 unspecified atom stereocenters. The molecular formula is C14H17ClO2. The van der Waals surface area contributed by atoms with Gasteiger partial charge in [0.15, 0.2) is 0 Å². The van der Waals surface area contributed by atoms with E-state index in [-0.39, 0.29) is 17.8 Å². The average Bonchev–Trinajstić information content (AvgIpc) is 2.95. The summed E-state index contributed by atoms with van der Waals surface area (Å²) in [5, 5.41) is 0.739. The van der Waals surface area contributed by atoms with Gasteiger partial charge < -0.3 is 4.74 Å². The predicted octanol–water partition coefficient (Wildman–Crippen LogP) is 3.79. The lowest BCUT2D eigenvalue weighted by Crippen LogP contribution is -2.25. The Balaban J connectivity index is 2.02. The van der Waals surface area contributed by atoms with Gasteiger partial charge in [0, 0.05) is 5.02 Å². The number of hydrogen-bond acceptors (Lipinski definition) is 2. The molecule has 17 heavy (non-hydrogen) atoms. The molecule has 1 saturated carbocycles. The molecule has 2 atom stereocenters. The number of carbonyl (C=O) groups is 1. The zero-order valence-electron chi connectivity index (χ0n) is 10.4. The highest BCUT2D eigenvalue weighted by Crippen LogP contribution is 2.50. The van der Waals surface area contributed by atoms with Crippen LogP contribution in [0.2, 0.25) is 5.02 Å². The summed E-state index contributed by atoms with van der Waals surface area (Å²) in [6.07, 6.45) is 0.846. The Morgan fingerprint density at radius 2 is 2.00 bits per heavy atom. The van der Waals surface area contributed by atoms with Gasteiger partial charge >= 0.3 is 5.97 Å². The Morgan fingerprint density at radius 3 is 2.59 bits per heavy atom. The molecule has 0 saturated heterocycles. The Kier molecular flexibility index (Phi) is 3.17. The molecule has 0 bridgehead atoms. The molecule has 0 N–H and O–H groups in total. The lowest BCUT2D eigenvalue weighted by atomic mass is 10.1. The molecular weight excluding hydrogens is 236 g/mol. The second kappa shape index (κ2) is 4.34. The van der Waals surface area contributed by atoms with Gasteiger partial charge in [-0.05, 0) is 44.7 Å². The molecule has 0 radical (unpaired) electrons. The Labute approximate surface area is 107 Å². The maximum absolute atomic E-state index is 11.9. The highest BCUT2D eigenvalue weighted by molar-refractivity contribution is 6.31. The number of halogens is 1. The fourth-order valence-electron chi connectivity index (χ4n) is 1.95. The van der Waals surface area contributed by atoms with Gasteiger partial charge in [0.2, 0.25) is 0 Å². The minimum atomic E-state index is -0.412. The highest BCUT2D eigenvalue weighted by atomic mass is 35.5. The monoisotopic (exact) mass is 252 g/mol. The Hall–Kier alpha value is -1.02. The van der Waals surface area contributed by atoms with E-state index in [0.717, 1.165) is 17.0 Å². The lowest BCUT2D eigenvalue weighted by Gasteiger charge is -2.19. The molecule has 1 aromatic rings. The van der Waals surface area contributed by atoms with Crippen LogP contribution < -0.4 is 0 Å². The van der Waals surface area contributed by atoms with E-state index in [9.17, 15) is 4.79 Å². The van der Waals surface area contributed by atoms with Gasteiger partial charge in [-0.2, -0.15) is 0 Å². The second-order valence-electron chi connectivity index (χ2n) is 5.50. The van der Waals surface area contributed by atoms with Gasteiger partial charge in [-0.1, -0.05) is 29.8 Å². The summed E-state index contributed by atoms with van der Waals surface area (Å²) < 4.78 is 5.37. The van der Waals surface area contributed by atoms with E-state index in [0.29, 0.717) is 0 Å². The Bertz CT molecular complexity index is 434. The zero-order valence-corrected chi connectivity index (χ0v) is 11.1. The van der Waals surface area contributed by atoms with Crippen molar-refractivity contribution in [2.24, 2.45) is 5.92 Å². The van der Waals surface area contributed by atoms with Crippen molar-refractivity contribution >= 4 is 17.6 Å². The van der Waals surface area contributed by atoms with Gasteiger partial charge in [0.1, 0.15) is 5.60 Å². The largest absolute Gasteiger partial charge is 0.460 e. The molecule has 92 valence electrons. The molecule has 3 heteroatoms. The summed E-state index contributed by atoms with van der Waals surface area (Å²) in [5.74, 6) is 0.107. The van der Waals surface area contributed by atoms with Crippen molar-refractivity contribution in [2.75, 3.05) is 0 Å². The van der Waals surface area contributed by atoms with Crippen molar-refractivity contribution in [3.63, 3.8) is 0 Å². The SMILES string of the molecule is CC(C)(C)OC(=O)[C@@H]1C[C@@H]1c1ccccc1Cl. The molecule has 2 rings (SSSR count). The number of benzene rings is 1. The summed E-state index contributed by atoms with van der Waals surface area (Å²) in [6, 6.07) is 7.70. The summed E-state index contributed by atoms with van der Waals surface area (Å²) in [4.78, 5) is 11.9. The van der Waals surface area contributed by atoms with E-state index in [2.05, 4.69) is 0 Å². The lowest BCUT2D eigenvalue weighted by molar-refractivity contribution is -0.156. The van der Waals surface area contributed by atoms with E-state index < -0.39 is 5.60 Å². The second-order valence-corrected chi connectivity index (χ2v) is 5.91. The highest BCUT2D eigenvalue weighted by Gasteiger charge is 2.46. The van der Waals surface area contributed by atoms with Crippen molar-refractivity contribution < 1.29 is 9.53 Å². The van der Waals surface area contributed by atoms with Crippen LogP contribution in [-0.4, -0.2) is 11.6 Å². The fourth-order valence-corrected chi connectivity index (χ4v) is 2.23. The maximum Gasteiger partial charge on any atom is 0.310 e. The van der Waals surface area contributed by atoms with Gasteiger partial charge in [-0.3, -0.25) is 4.79 Å². The third kappa shape index (κ3) is 3.01. The van der Waals surface area contributed by atoms with Crippen molar-refractivity contribution in [2.45, 2.75) is 38.7 Å². The molecule has 0 spiro atoms. The predicted molar refractivity (Wildman–Crippen MR) is 68.1 cm³/mol. The van der Waals surface area contributed by atoms with E-state index in [1.54, 1.807) is 0 Å². The topological polar surface area (TPSA) is 26.3 Å². The van der Waals surface area contributed by atoms with Crippen LogP contribution in [0.5, 0.6) is 0 Å². The standard InChI is InChI=1S/C14H17ClO2/c1-14(2,3)17-13(16)11-8-10(11)9-6-4-5-7-12(9)15/h4-7,10-11H,8H2,1-3H3/t10-,11-/m1/s1. The Morgan fingerprint density at radius 1 is 1.35 bits per heavy atom. The fraction of sp³-hybridized carbons (Fsp3) is 0.500. The first-order valence-corrected chi connectivity index (χ1v) is 6.23. The van der Waals surface area contributed by atoms with E-state index in [1.807, 2.05) is 45.0 Å². The zero-order chi connectivity index (χ0) is 12.6. The summed E-state index contributed by atoms with van der Waals surface area (Å²) in [5.41, 5.74) is 0.648. The van der Waals surface area contributed by atoms with Gasteiger partial charge in [-0.25, -0.2) is 0 Å². The number of rotatable bonds is 2. The molecule has 1 aliphatic carbocycles. The van der Waals surface area contributed by atoms with Crippen molar-refractivity contribution in [3.8, 4) is 0 Å². The molecule has 0 heterocycles. The van der Waals surface area contributed by atoms with Gasteiger partial charge in [0.05, 0.1) is 5.92 Å². The van der Waals surface area contributed by atoms with E-state index in [1.165, 1.54) is 0 Å². The van der Waals surface area contributed by atoms with Crippen LogP contribution in [0.4, 0.5) is 0 Å². The quantitative estimate of drug-likeness (QED) is 0.749. The van der Waals surface area contributed by atoms with Crippen LogP contribution in [0.15, 0.2) is 24.3 Å². The van der Waals surface area contributed by atoms with Crippen LogP contribution in [0.1, 0.15) is 38.7 Å². The molecule has 0 amide bonds. The third-order valence-electron chi connectivity index (χ3n) is 2.80. The molecule has 0 aliphatic heterocycles. The minimum Gasteiger partial charge on any atom is -0.460 e. The molecule has 1 aromatic carbocycles. The van der Waals surface area contributed by atoms with Gasteiger partial charge in [-0.15, -0.1) is 0 Å². The van der Waals surface area contributed by atoms with Crippen molar-refractivity contribution in [3.05, 3.63) is 34.9 Å². The van der Waals surface area contributed by atoms with E-state index >= 15 is 0 Å². The maximum atomic E-state index is 11.9. The first-order chi connectivity index (χ1) is 7.88. The third-order valence-corrected chi connectivity index (χ3v) is 3.15. The molecule has 1 aliphatic rings. The summed E-state index contributed by atoms with van der Waals surface area (Å²) >= 11 is 6.11. The van der Waals surface area contributed by atoms with Crippen LogP contribution in [-0.2, 0) is 9.53 Å². The first kappa shape index (κ1) is 12.4. The number of carbonyl (C=O) groups excluding carboxylic acids is 1. The number of ether oxygens (including phenoxy) is 1. The minimum absolute atomic E-state index is 0.0193.